The predicted octanol–water partition coefficient (Wildman–Crippen LogP) is 9.45. The zero-order valence-corrected chi connectivity index (χ0v) is 22.0. The van der Waals surface area contributed by atoms with Crippen molar-refractivity contribution < 1.29 is 5.11 Å². The highest BCUT2D eigenvalue weighted by Crippen LogP contribution is 2.23. The Morgan fingerprint density at radius 3 is 1.48 bits per heavy atom. The zero-order chi connectivity index (χ0) is 22.6. The van der Waals surface area contributed by atoms with Gasteiger partial charge in [0.1, 0.15) is 0 Å². The van der Waals surface area contributed by atoms with Gasteiger partial charge in [0.2, 0.25) is 0 Å². The molecule has 1 atom stereocenters. The standard InChI is InChI=1S/C16H32OS.C12H23N/c1-3-5-7-9-10-12-14-15(16(17)18)13-11-8-6-4-2;1-3-7-11(8-4-1)13-12-9-5-2-6-10-12/h15H,3-14H2,1-2H3,(H,17,18);11-13H,1-10H2/t15-;/m1./s1. The van der Waals surface area contributed by atoms with Crippen LogP contribution in [0.2, 0.25) is 0 Å². The summed E-state index contributed by atoms with van der Waals surface area (Å²) >= 11 is 4.97. The molecule has 0 aromatic carbocycles. The molecule has 0 radical (unpaired) electrons. The lowest BCUT2D eigenvalue weighted by Gasteiger charge is -2.30. The fourth-order valence-corrected chi connectivity index (χ4v) is 5.49. The molecule has 31 heavy (non-hydrogen) atoms. The Morgan fingerprint density at radius 1 is 0.677 bits per heavy atom. The van der Waals surface area contributed by atoms with Gasteiger partial charge in [-0.3, -0.25) is 0 Å². The number of hydrogen-bond acceptors (Lipinski definition) is 2. The van der Waals surface area contributed by atoms with E-state index in [-0.39, 0.29) is 11.0 Å². The van der Waals surface area contributed by atoms with E-state index < -0.39 is 0 Å². The summed E-state index contributed by atoms with van der Waals surface area (Å²) in [5.41, 5.74) is 0. The van der Waals surface area contributed by atoms with Crippen molar-refractivity contribution in [2.75, 3.05) is 0 Å². The molecular formula is C28H55NOS. The molecule has 2 saturated carbocycles. The minimum absolute atomic E-state index is 0.250. The molecule has 2 fully saturated rings. The Bertz CT molecular complexity index is 386. The summed E-state index contributed by atoms with van der Waals surface area (Å²) in [4.78, 5) is 0. The molecule has 0 aromatic rings. The molecule has 2 aliphatic carbocycles. The molecule has 0 bridgehead atoms. The van der Waals surface area contributed by atoms with Gasteiger partial charge < -0.3 is 10.4 Å². The third-order valence-electron chi connectivity index (χ3n) is 7.34. The summed E-state index contributed by atoms with van der Waals surface area (Å²) in [7, 11) is 0. The summed E-state index contributed by atoms with van der Waals surface area (Å²) in [6.07, 6.45) is 29.7. The first-order valence-electron chi connectivity index (χ1n) is 14.2. The second-order valence-electron chi connectivity index (χ2n) is 10.3. The minimum atomic E-state index is 0.250. The fourth-order valence-electron chi connectivity index (χ4n) is 5.25. The largest absolute Gasteiger partial charge is 0.502 e. The highest BCUT2D eigenvalue weighted by Gasteiger charge is 2.19. The minimum Gasteiger partial charge on any atom is -0.502 e. The number of rotatable bonds is 15. The maximum absolute atomic E-state index is 9.54. The number of thiocarbonyl (C=S) groups is 1. The average molecular weight is 454 g/mol. The van der Waals surface area contributed by atoms with Crippen LogP contribution < -0.4 is 5.32 Å². The van der Waals surface area contributed by atoms with Gasteiger partial charge >= 0.3 is 0 Å². The van der Waals surface area contributed by atoms with Crippen molar-refractivity contribution >= 4 is 17.3 Å². The van der Waals surface area contributed by atoms with Crippen LogP contribution in [0.3, 0.4) is 0 Å². The Morgan fingerprint density at radius 2 is 1.06 bits per heavy atom. The molecule has 0 aromatic heterocycles. The Kier molecular flexibility index (Phi) is 19.1. The molecule has 0 amide bonds. The quantitative estimate of drug-likeness (QED) is 0.191. The van der Waals surface area contributed by atoms with Crippen LogP contribution in [0.25, 0.3) is 0 Å². The summed E-state index contributed by atoms with van der Waals surface area (Å²) in [5.74, 6) is 0.281. The van der Waals surface area contributed by atoms with Gasteiger partial charge in [0.05, 0.1) is 0 Å². The van der Waals surface area contributed by atoms with E-state index in [4.69, 9.17) is 12.2 Å². The number of aliphatic hydroxyl groups excluding tert-OH is 1. The summed E-state index contributed by atoms with van der Waals surface area (Å²) in [6, 6.07) is 1.74. The van der Waals surface area contributed by atoms with Gasteiger partial charge in [-0.05, 0) is 50.7 Å². The maximum Gasteiger partial charge on any atom is 0.159 e. The lowest BCUT2D eigenvalue weighted by molar-refractivity contribution is 0.291. The van der Waals surface area contributed by atoms with E-state index in [2.05, 4.69) is 19.2 Å². The van der Waals surface area contributed by atoms with Crippen molar-refractivity contribution in [3.05, 3.63) is 0 Å². The summed E-state index contributed by atoms with van der Waals surface area (Å²) in [5, 5.41) is 13.6. The average Bonchev–Trinajstić information content (AvgIpc) is 2.79. The highest BCUT2D eigenvalue weighted by atomic mass is 32.1. The number of unbranched alkanes of at least 4 members (excludes halogenated alkanes) is 8. The van der Waals surface area contributed by atoms with Crippen LogP contribution in [0.5, 0.6) is 0 Å². The summed E-state index contributed by atoms with van der Waals surface area (Å²) < 4.78 is 0. The molecule has 2 nitrogen and oxygen atoms in total. The van der Waals surface area contributed by atoms with Gasteiger partial charge in [0, 0.05) is 18.0 Å². The predicted molar refractivity (Wildman–Crippen MR) is 142 cm³/mol. The molecule has 0 saturated heterocycles. The van der Waals surface area contributed by atoms with E-state index in [9.17, 15) is 5.11 Å². The smallest absolute Gasteiger partial charge is 0.159 e. The van der Waals surface area contributed by atoms with E-state index in [1.54, 1.807) is 0 Å². The molecular weight excluding hydrogens is 398 g/mol. The second kappa shape index (κ2) is 20.5. The second-order valence-corrected chi connectivity index (χ2v) is 10.7. The number of hydrogen-bond donors (Lipinski definition) is 2. The van der Waals surface area contributed by atoms with E-state index in [1.807, 2.05) is 0 Å². The monoisotopic (exact) mass is 453 g/mol. The third-order valence-corrected chi connectivity index (χ3v) is 7.68. The first-order chi connectivity index (χ1) is 15.2. The first kappa shape index (κ1) is 28.9. The van der Waals surface area contributed by atoms with Crippen LogP contribution >= 0.6 is 12.2 Å². The van der Waals surface area contributed by atoms with Gasteiger partial charge in [-0.2, -0.15) is 0 Å². The molecule has 0 unspecified atom stereocenters. The van der Waals surface area contributed by atoms with E-state index in [1.165, 1.54) is 128 Å². The van der Waals surface area contributed by atoms with E-state index in [0.29, 0.717) is 0 Å². The van der Waals surface area contributed by atoms with Crippen molar-refractivity contribution in [2.24, 2.45) is 5.92 Å². The van der Waals surface area contributed by atoms with Crippen LogP contribution in [0, 0.1) is 5.92 Å². The van der Waals surface area contributed by atoms with Crippen LogP contribution in [0.15, 0.2) is 0 Å². The topological polar surface area (TPSA) is 32.3 Å². The third kappa shape index (κ3) is 16.2. The Hall–Kier alpha value is -0.150. The molecule has 0 spiro atoms. The van der Waals surface area contributed by atoms with Crippen LogP contribution in [-0.4, -0.2) is 22.2 Å². The van der Waals surface area contributed by atoms with Gasteiger partial charge in [0.15, 0.2) is 5.05 Å². The lowest BCUT2D eigenvalue weighted by Crippen LogP contribution is -2.40. The summed E-state index contributed by atoms with van der Waals surface area (Å²) in [6.45, 7) is 4.47. The van der Waals surface area contributed by atoms with Gasteiger partial charge in [0.25, 0.3) is 0 Å². The normalized spacial score (nSPS) is 18.9. The molecule has 2 N–H and O–H groups in total. The van der Waals surface area contributed by atoms with Crippen molar-refractivity contribution in [1.82, 2.24) is 5.32 Å². The van der Waals surface area contributed by atoms with Gasteiger partial charge in [-0.15, -0.1) is 0 Å². The molecule has 0 heterocycles. The lowest BCUT2D eigenvalue weighted by atomic mass is 9.91. The van der Waals surface area contributed by atoms with Crippen LogP contribution in [0.4, 0.5) is 0 Å². The molecule has 3 heteroatoms. The van der Waals surface area contributed by atoms with Crippen molar-refractivity contribution in [3.8, 4) is 0 Å². The molecule has 184 valence electrons. The van der Waals surface area contributed by atoms with Crippen molar-refractivity contribution in [3.63, 3.8) is 0 Å². The maximum atomic E-state index is 9.54. The zero-order valence-electron chi connectivity index (χ0n) is 21.1. The molecule has 2 aliphatic rings. The number of aliphatic hydroxyl groups is 1. The number of nitrogens with one attached hydrogen (secondary N) is 1. The van der Waals surface area contributed by atoms with E-state index >= 15 is 0 Å². The first-order valence-corrected chi connectivity index (χ1v) is 14.6. The van der Waals surface area contributed by atoms with Crippen molar-refractivity contribution in [2.45, 2.75) is 167 Å². The highest BCUT2D eigenvalue weighted by molar-refractivity contribution is 7.80. The van der Waals surface area contributed by atoms with Gasteiger partial charge in [-0.25, -0.2) is 0 Å². The molecule has 2 rings (SSSR count). The van der Waals surface area contributed by atoms with Crippen LogP contribution in [0.1, 0.15) is 155 Å². The van der Waals surface area contributed by atoms with Crippen molar-refractivity contribution in [1.29, 1.82) is 0 Å². The van der Waals surface area contributed by atoms with E-state index in [0.717, 1.165) is 24.9 Å². The Labute approximate surface area is 200 Å². The molecule has 0 aliphatic heterocycles. The SMILES string of the molecule is C1CCC(NC2CCCCC2)CC1.CCCCCCCC[C@@H](CCCCCC)C(O)=S. The Balaban J connectivity index is 0.000000323. The fraction of sp³-hybridized carbons (Fsp3) is 0.964. The van der Waals surface area contributed by atoms with Crippen LogP contribution in [-0.2, 0) is 0 Å². The van der Waals surface area contributed by atoms with Gasteiger partial charge in [-0.1, -0.05) is 117 Å².